The lowest BCUT2D eigenvalue weighted by Crippen LogP contribution is -2.59. The number of hydrogen-bond acceptors (Lipinski definition) is 7. The highest BCUT2D eigenvalue weighted by Crippen LogP contribution is 2.42. The Balaban J connectivity index is 1.53. The topological polar surface area (TPSA) is 84.5 Å². The van der Waals surface area contributed by atoms with Gasteiger partial charge in [-0.05, 0) is 58.1 Å². The number of aryl methyl sites for hydroxylation is 1. The van der Waals surface area contributed by atoms with Gasteiger partial charge in [-0.15, -0.1) is 0 Å². The van der Waals surface area contributed by atoms with E-state index in [0.717, 1.165) is 29.6 Å². The first-order chi connectivity index (χ1) is 19.6. The number of anilines is 2. The number of amides is 1. The Kier molecular flexibility index (Phi) is 6.86. The summed E-state index contributed by atoms with van der Waals surface area (Å²) in [6, 6.07) is 5.80. The summed E-state index contributed by atoms with van der Waals surface area (Å²) in [5.41, 5.74) is 3.02. The van der Waals surface area contributed by atoms with Crippen LogP contribution in [0.1, 0.15) is 19.4 Å². The standard InChI is InChI=1S/C30H34ClFN8O/c1-7-24(41)39-12-18(4)40(13-17(39)3)29-21-10-23(31)25(20-9-8-16(2)27-22(20)11-33-36-27)26(32)28(21)34-30(35-29)38-14-19(15-38)37(5)6/h7-11,17-19H,1,12-15H2,2-6H3,(H,33,36)/t17-,18+/m1/s1. The van der Waals surface area contributed by atoms with Crippen LogP contribution in [0.2, 0.25) is 5.02 Å². The van der Waals surface area contributed by atoms with E-state index >= 15 is 4.39 Å². The number of H-pyrrole nitrogens is 1. The summed E-state index contributed by atoms with van der Waals surface area (Å²) in [5.74, 6) is 0.511. The quantitative estimate of drug-likeness (QED) is 0.347. The molecule has 11 heteroatoms. The van der Waals surface area contributed by atoms with Gasteiger partial charge in [-0.3, -0.25) is 9.89 Å². The first-order valence-electron chi connectivity index (χ1n) is 13.8. The zero-order valence-corrected chi connectivity index (χ0v) is 24.7. The van der Waals surface area contributed by atoms with Crippen LogP contribution in [0.15, 0.2) is 37.1 Å². The van der Waals surface area contributed by atoms with Crippen LogP contribution < -0.4 is 9.80 Å². The summed E-state index contributed by atoms with van der Waals surface area (Å²) < 4.78 is 16.7. The number of aromatic nitrogens is 4. The van der Waals surface area contributed by atoms with Gasteiger partial charge in [0.05, 0.1) is 16.7 Å². The molecule has 41 heavy (non-hydrogen) atoms. The molecule has 2 aromatic heterocycles. The summed E-state index contributed by atoms with van der Waals surface area (Å²) in [4.78, 5) is 30.5. The molecule has 0 radical (unpaired) electrons. The van der Waals surface area contributed by atoms with Crippen molar-refractivity contribution in [1.82, 2.24) is 30.0 Å². The van der Waals surface area contributed by atoms with Crippen LogP contribution in [-0.2, 0) is 4.79 Å². The number of carbonyl (C=O) groups is 1. The summed E-state index contributed by atoms with van der Waals surface area (Å²) in [6.45, 7) is 12.2. The molecule has 2 fully saturated rings. The number of halogens is 2. The van der Waals surface area contributed by atoms with Gasteiger partial charge in [0.15, 0.2) is 5.82 Å². The van der Waals surface area contributed by atoms with Gasteiger partial charge in [-0.1, -0.05) is 30.3 Å². The molecular formula is C30H34ClFN8O. The zero-order chi connectivity index (χ0) is 29.2. The number of rotatable bonds is 5. The van der Waals surface area contributed by atoms with Crippen molar-refractivity contribution < 1.29 is 9.18 Å². The third-order valence-corrected chi connectivity index (χ3v) is 8.83. The highest BCUT2D eigenvalue weighted by atomic mass is 35.5. The van der Waals surface area contributed by atoms with Crippen molar-refractivity contribution in [1.29, 1.82) is 0 Å². The predicted octanol–water partition coefficient (Wildman–Crippen LogP) is 4.64. The lowest BCUT2D eigenvalue weighted by atomic mass is 9.97. The molecule has 1 N–H and O–H groups in total. The van der Waals surface area contributed by atoms with Crippen molar-refractivity contribution >= 4 is 51.1 Å². The van der Waals surface area contributed by atoms with Crippen molar-refractivity contribution in [2.75, 3.05) is 50.1 Å². The van der Waals surface area contributed by atoms with E-state index in [4.69, 9.17) is 21.6 Å². The van der Waals surface area contributed by atoms with Gasteiger partial charge in [-0.2, -0.15) is 10.1 Å². The number of hydrogen-bond donors (Lipinski definition) is 1. The summed E-state index contributed by atoms with van der Waals surface area (Å²) >= 11 is 6.88. The molecule has 0 spiro atoms. The van der Waals surface area contributed by atoms with Gasteiger partial charge in [0.25, 0.3) is 0 Å². The maximum atomic E-state index is 16.7. The Morgan fingerprint density at radius 2 is 1.90 bits per heavy atom. The number of nitrogens with one attached hydrogen (secondary N) is 1. The molecule has 4 aromatic rings. The number of aromatic amines is 1. The van der Waals surface area contributed by atoms with Crippen LogP contribution in [0.4, 0.5) is 16.2 Å². The second-order valence-corrected chi connectivity index (χ2v) is 11.9. The van der Waals surface area contributed by atoms with E-state index in [1.807, 2.05) is 51.9 Å². The zero-order valence-electron chi connectivity index (χ0n) is 23.9. The van der Waals surface area contributed by atoms with Crippen LogP contribution in [0.25, 0.3) is 32.9 Å². The van der Waals surface area contributed by atoms with Crippen LogP contribution >= 0.6 is 11.6 Å². The minimum Gasteiger partial charge on any atom is -0.349 e. The van der Waals surface area contributed by atoms with E-state index in [1.54, 1.807) is 12.3 Å². The van der Waals surface area contributed by atoms with Gasteiger partial charge < -0.3 is 19.6 Å². The normalized spacial score (nSPS) is 19.9. The fraction of sp³-hybridized carbons (Fsp3) is 0.400. The average Bonchev–Trinajstić information content (AvgIpc) is 3.41. The largest absolute Gasteiger partial charge is 0.349 e. The van der Waals surface area contributed by atoms with Gasteiger partial charge in [0, 0.05) is 60.6 Å². The fourth-order valence-corrected chi connectivity index (χ4v) is 6.25. The smallest absolute Gasteiger partial charge is 0.246 e. The molecule has 0 unspecified atom stereocenters. The van der Waals surface area contributed by atoms with Gasteiger partial charge in [0.2, 0.25) is 11.9 Å². The van der Waals surface area contributed by atoms with Crippen LogP contribution in [0.5, 0.6) is 0 Å². The summed E-state index contributed by atoms with van der Waals surface area (Å²) in [5, 5.41) is 8.82. The van der Waals surface area contributed by atoms with Crippen LogP contribution in [0, 0.1) is 12.7 Å². The third kappa shape index (κ3) is 4.49. The molecular weight excluding hydrogens is 543 g/mol. The molecule has 214 valence electrons. The first-order valence-corrected chi connectivity index (χ1v) is 14.2. The summed E-state index contributed by atoms with van der Waals surface area (Å²) in [7, 11) is 4.10. The predicted molar refractivity (Wildman–Crippen MR) is 162 cm³/mol. The maximum absolute atomic E-state index is 16.7. The molecule has 2 atom stereocenters. The fourth-order valence-electron chi connectivity index (χ4n) is 5.96. The second kappa shape index (κ2) is 10.3. The van der Waals surface area contributed by atoms with Crippen molar-refractivity contribution in [2.24, 2.45) is 0 Å². The van der Waals surface area contributed by atoms with Crippen LogP contribution in [0.3, 0.4) is 0 Å². The molecule has 4 heterocycles. The SMILES string of the molecule is C=CC(=O)N1C[C@H](C)N(c2nc(N3CC(N(C)C)C3)nc3c(F)c(-c4ccc(C)c5[nH]ncc45)c(Cl)cc23)C[C@H]1C. The minimum absolute atomic E-state index is 0.0730. The van der Waals surface area contributed by atoms with Gasteiger partial charge >= 0.3 is 0 Å². The van der Waals surface area contributed by atoms with E-state index in [1.165, 1.54) is 6.08 Å². The number of piperazine rings is 1. The van der Waals surface area contributed by atoms with Crippen molar-refractivity contribution in [3.05, 3.63) is 53.5 Å². The molecule has 9 nitrogen and oxygen atoms in total. The Bertz CT molecular complexity index is 1680. The van der Waals surface area contributed by atoms with Crippen molar-refractivity contribution in [3.63, 3.8) is 0 Å². The molecule has 2 aromatic carbocycles. The van der Waals surface area contributed by atoms with E-state index in [9.17, 15) is 4.79 Å². The Morgan fingerprint density at radius 3 is 2.61 bits per heavy atom. The highest BCUT2D eigenvalue weighted by molar-refractivity contribution is 6.35. The van der Waals surface area contributed by atoms with E-state index in [0.29, 0.717) is 47.4 Å². The monoisotopic (exact) mass is 576 g/mol. The second-order valence-electron chi connectivity index (χ2n) is 11.4. The van der Waals surface area contributed by atoms with Gasteiger partial charge in [-0.25, -0.2) is 9.37 Å². The van der Waals surface area contributed by atoms with Crippen molar-refractivity contribution in [3.8, 4) is 11.1 Å². The van der Waals surface area contributed by atoms with E-state index in [2.05, 4.69) is 31.5 Å². The molecule has 2 saturated heterocycles. The maximum Gasteiger partial charge on any atom is 0.246 e. The minimum atomic E-state index is -0.491. The molecule has 0 saturated carbocycles. The Morgan fingerprint density at radius 1 is 1.15 bits per heavy atom. The number of carbonyl (C=O) groups excluding carboxylic acids is 1. The number of benzene rings is 2. The Labute approximate surface area is 243 Å². The molecule has 1 amide bonds. The average molecular weight is 577 g/mol. The van der Waals surface area contributed by atoms with Crippen molar-refractivity contribution in [2.45, 2.75) is 38.9 Å². The van der Waals surface area contributed by atoms with Gasteiger partial charge in [0.1, 0.15) is 11.3 Å². The van der Waals surface area contributed by atoms with E-state index in [-0.39, 0.29) is 28.5 Å². The van der Waals surface area contributed by atoms with E-state index < -0.39 is 5.82 Å². The molecule has 0 aliphatic carbocycles. The van der Waals surface area contributed by atoms with Crippen LogP contribution in [-0.4, -0.2) is 94.3 Å². The Hall–Kier alpha value is -3.76. The summed E-state index contributed by atoms with van der Waals surface area (Å²) in [6.07, 6.45) is 3.05. The molecule has 2 aliphatic heterocycles. The molecule has 2 aliphatic rings. The molecule has 0 bridgehead atoms. The number of fused-ring (bicyclic) bond motifs is 2. The third-order valence-electron chi connectivity index (χ3n) is 8.54. The lowest BCUT2D eigenvalue weighted by molar-refractivity contribution is -0.128. The number of nitrogens with zero attached hydrogens (tertiary/aromatic N) is 7. The lowest BCUT2D eigenvalue weighted by Gasteiger charge is -2.45. The first kappa shape index (κ1) is 27.4. The molecule has 6 rings (SSSR count). The highest BCUT2D eigenvalue weighted by Gasteiger charge is 2.36. The number of likely N-dealkylation sites (N-methyl/N-ethyl adjacent to an activating group) is 1.